The second-order valence-corrected chi connectivity index (χ2v) is 10.7. The number of nitriles is 1. The minimum atomic E-state index is -3.78. The molecule has 176 valence electrons. The standard InChI is InChI=1S/C24H24N4O4S2/c1-32-21-5-3-2-4-17(21)14-28-11-10-19-20(13-25)24(33-22(19)15-28)27-23(29)12-16-6-8-18(9-7-16)34(26,30)31/h2-9H,10-12,14-15H2,1H3,(H,27,29)(H2,26,30,31). The Bertz CT molecular complexity index is 1360. The number of anilines is 1. The Hall–Kier alpha value is -3.23. The van der Waals surface area contributed by atoms with Crippen molar-refractivity contribution < 1.29 is 17.9 Å². The van der Waals surface area contributed by atoms with Crippen LogP contribution in [0.3, 0.4) is 0 Å². The fraction of sp³-hybridized carbons (Fsp3) is 0.250. The van der Waals surface area contributed by atoms with Crippen LogP contribution < -0.4 is 15.2 Å². The molecule has 0 atom stereocenters. The fourth-order valence-corrected chi connectivity index (χ4v) is 5.80. The SMILES string of the molecule is COc1ccccc1CN1CCc2c(sc(NC(=O)Cc3ccc(S(N)(=O)=O)cc3)c2C#N)C1. The molecule has 0 spiro atoms. The van der Waals surface area contributed by atoms with Crippen LogP contribution in [0.15, 0.2) is 53.4 Å². The molecule has 1 aliphatic heterocycles. The van der Waals surface area contributed by atoms with Crippen molar-refractivity contribution >= 4 is 32.3 Å². The molecule has 3 aromatic rings. The van der Waals surface area contributed by atoms with E-state index in [4.69, 9.17) is 9.88 Å². The Kier molecular flexibility index (Phi) is 7.00. The van der Waals surface area contributed by atoms with Gasteiger partial charge in [0.15, 0.2) is 0 Å². The van der Waals surface area contributed by atoms with Gasteiger partial charge in [0.05, 0.1) is 24.0 Å². The molecule has 2 heterocycles. The molecule has 0 saturated carbocycles. The average Bonchev–Trinajstić information content (AvgIpc) is 3.15. The summed E-state index contributed by atoms with van der Waals surface area (Å²) in [6.45, 7) is 2.23. The molecule has 2 aromatic carbocycles. The zero-order chi connectivity index (χ0) is 24.3. The van der Waals surface area contributed by atoms with E-state index in [1.807, 2.05) is 24.3 Å². The number of fused-ring (bicyclic) bond motifs is 1. The van der Waals surface area contributed by atoms with Gasteiger partial charge in [-0.3, -0.25) is 9.69 Å². The molecule has 1 aliphatic rings. The first-order valence-corrected chi connectivity index (χ1v) is 12.9. The lowest BCUT2D eigenvalue weighted by atomic mass is 10.0. The number of primary sulfonamides is 1. The number of nitrogens with two attached hydrogens (primary N) is 1. The fourth-order valence-electron chi connectivity index (χ4n) is 4.03. The van der Waals surface area contributed by atoms with E-state index in [2.05, 4.69) is 16.3 Å². The number of ether oxygens (including phenoxy) is 1. The molecule has 3 N–H and O–H groups in total. The molecule has 34 heavy (non-hydrogen) atoms. The molecule has 1 amide bonds. The average molecular weight is 497 g/mol. The third kappa shape index (κ3) is 5.29. The van der Waals surface area contributed by atoms with E-state index in [1.165, 1.54) is 23.5 Å². The summed E-state index contributed by atoms with van der Waals surface area (Å²) in [6.07, 6.45) is 0.785. The number of carbonyl (C=O) groups is 1. The Morgan fingerprint density at radius 2 is 1.97 bits per heavy atom. The maximum absolute atomic E-state index is 12.6. The van der Waals surface area contributed by atoms with Crippen LogP contribution in [0.1, 0.15) is 27.1 Å². The highest BCUT2D eigenvalue weighted by Gasteiger charge is 2.26. The quantitative estimate of drug-likeness (QED) is 0.518. The van der Waals surface area contributed by atoms with Crippen molar-refractivity contribution in [2.75, 3.05) is 19.0 Å². The van der Waals surface area contributed by atoms with Crippen molar-refractivity contribution in [1.29, 1.82) is 5.26 Å². The van der Waals surface area contributed by atoms with Crippen molar-refractivity contribution in [1.82, 2.24) is 4.90 Å². The van der Waals surface area contributed by atoms with Crippen LogP contribution in [-0.2, 0) is 40.7 Å². The van der Waals surface area contributed by atoms with Crippen molar-refractivity contribution in [2.45, 2.75) is 30.8 Å². The van der Waals surface area contributed by atoms with E-state index in [0.717, 1.165) is 41.3 Å². The second kappa shape index (κ2) is 9.95. The smallest absolute Gasteiger partial charge is 0.238 e. The van der Waals surface area contributed by atoms with Gasteiger partial charge in [-0.05, 0) is 35.7 Å². The van der Waals surface area contributed by atoms with Gasteiger partial charge in [0.25, 0.3) is 0 Å². The summed E-state index contributed by atoms with van der Waals surface area (Å²) in [5.74, 6) is 0.576. The van der Waals surface area contributed by atoms with Gasteiger partial charge in [-0.2, -0.15) is 5.26 Å². The number of hydrogen-bond donors (Lipinski definition) is 2. The Morgan fingerprint density at radius 1 is 1.24 bits per heavy atom. The maximum Gasteiger partial charge on any atom is 0.238 e. The van der Waals surface area contributed by atoms with Gasteiger partial charge in [0.1, 0.15) is 16.8 Å². The third-order valence-corrected chi connectivity index (χ3v) is 7.77. The van der Waals surface area contributed by atoms with Crippen LogP contribution in [0, 0.1) is 11.3 Å². The first-order valence-electron chi connectivity index (χ1n) is 10.6. The Labute approximate surface area is 202 Å². The van der Waals surface area contributed by atoms with Gasteiger partial charge in [0, 0.05) is 30.1 Å². The van der Waals surface area contributed by atoms with Crippen LogP contribution in [0.4, 0.5) is 5.00 Å². The summed E-state index contributed by atoms with van der Waals surface area (Å²) in [5.41, 5.74) is 3.27. The monoisotopic (exact) mass is 496 g/mol. The summed E-state index contributed by atoms with van der Waals surface area (Å²) in [7, 11) is -2.12. The van der Waals surface area contributed by atoms with E-state index in [-0.39, 0.29) is 17.2 Å². The zero-order valence-electron chi connectivity index (χ0n) is 18.6. The Balaban J connectivity index is 1.45. The molecule has 0 saturated heterocycles. The number of methoxy groups -OCH3 is 1. The topological polar surface area (TPSA) is 126 Å². The molecule has 0 fully saturated rings. The maximum atomic E-state index is 12.6. The highest BCUT2D eigenvalue weighted by Crippen LogP contribution is 2.37. The van der Waals surface area contributed by atoms with Crippen molar-refractivity contribution in [3.8, 4) is 11.8 Å². The van der Waals surface area contributed by atoms with Gasteiger partial charge in [-0.25, -0.2) is 13.6 Å². The highest BCUT2D eigenvalue weighted by atomic mass is 32.2. The lowest BCUT2D eigenvalue weighted by Crippen LogP contribution is -2.29. The number of para-hydroxylation sites is 1. The molecule has 10 heteroatoms. The number of nitrogens with one attached hydrogen (secondary N) is 1. The van der Waals surface area contributed by atoms with Gasteiger partial charge in [-0.15, -0.1) is 11.3 Å². The summed E-state index contributed by atoms with van der Waals surface area (Å²) < 4.78 is 28.2. The molecule has 0 aliphatic carbocycles. The molecule has 8 nitrogen and oxygen atoms in total. The number of hydrogen-bond acceptors (Lipinski definition) is 7. The minimum Gasteiger partial charge on any atom is -0.496 e. The van der Waals surface area contributed by atoms with E-state index in [0.29, 0.717) is 22.7 Å². The van der Waals surface area contributed by atoms with E-state index in [9.17, 15) is 18.5 Å². The zero-order valence-corrected chi connectivity index (χ0v) is 20.2. The predicted octanol–water partition coefficient (Wildman–Crippen LogP) is 3.02. The number of sulfonamides is 1. The lowest BCUT2D eigenvalue weighted by molar-refractivity contribution is -0.115. The number of thiophene rings is 1. The minimum absolute atomic E-state index is 0.00738. The number of amides is 1. The van der Waals surface area contributed by atoms with Crippen molar-refractivity contribution in [3.63, 3.8) is 0 Å². The number of nitrogens with zero attached hydrogens (tertiary/aromatic N) is 2. The first kappa shape index (κ1) is 23.9. The Morgan fingerprint density at radius 3 is 2.65 bits per heavy atom. The van der Waals surface area contributed by atoms with E-state index >= 15 is 0 Å². The van der Waals surface area contributed by atoms with Gasteiger partial charge >= 0.3 is 0 Å². The second-order valence-electron chi connectivity index (χ2n) is 8.01. The molecule has 1 aromatic heterocycles. The first-order chi connectivity index (χ1) is 16.3. The van der Waals surface area contributed by atoms with Crippen LogP contribution in [0.25, 0.3) is 0 Å². The molecular weight excluding hydrogens is 472 g/mol. The van der Waals surface area contributed by atoms with E-state index in [1.54, 1.807) is 19.2 Å². The third-order valence-electron chi connectivity index (χ3n) is 5.70. The molecular formula is C24H24N4O4S2. The predicted molar refractivity (Wildman–Crippen MR) is 130 cm³/mol. The molecule has 4 rings (SSSR count). The molecule has 0 radical (unpaired) electrons. The van der Waals surface area contributed by atoms with Gasteiger partial charge in [0.2, 0.25) is 15.9 Å². The van der Waals surface area contributed by atoms with Gasteiger partial charge < -0.3 is 10.1 Å². The normalized spacial score (nSPS) is 13.7. The van der Waals surface area contributed by atoms with Crippen molar-refractivity contribution in [3.05, 3.63) is 75.7 Å². The van der Waals surface area contributed by atoms with Crippen molar-refractivity contribution in [2.24, 2.45) is 5.14 Å². The summed E-state index contributed by atoms with van der Waals surface area (Å²) >= 11 is 1.43. The van der Waals surface area contributed by atoms with Crippen LogP contribution in [0.5, 0.6) is 5.75 Å². The van der Waals surface area contributed by atoms with E-state index < -0.39 is 10.0 Å². The van der Waals surface area contributed by atoms with Crippen LogP contribution in [-0.4, -0.2) is 32.9 Å². The molecule has 0 unspecified atom stereocenters. The highest BCUT2D eigenvalue weighted by molar-refractivity contribution is 7.89. The van der Waals surface area contributed by atoms with Crippen LogP contribution >= 0.6 is 11.3 Å². The largest absolute Gasteiger partial charge is 0.496 e. The van der Waals surface area contributed by atoms with Gasteiger partial charge in [-0.1, -0.05) is 30.3 Å². The number of rotatable bonds is 7. The summed E-state index contributed by atoms with van der Waals surface area (Å²) in [5, 5.41) is 18.3. The summed E-state index contributed by atoms with van der Waals surface area (Å²) in [4.78, 5) is 16.0. The van der Waals surface area contributed by atoms with Crippen LogP contribution in [0.2, 0.25) is 0 Å². The molecule has 0 bridgehead atoms. The summed E-state index contributed by atoms with van der Waals surface area (Å²) in [6, 6.07) is 16.0. The number of benzene rings is 2. The number of carbonyl (C=O) groups excluding carboxylic acids is 1. The lowest BCUT2D eigenvalue weighted by Gasteiger charge is -2.27.